The number of ether oxygens (including phenoxy) is 2. The van der Waals surface area contributed by atoms with Crippen LogP contribution in [0.3, 0.4) is 0 Å². The monoisotopic (exact) mass is 490 g/mol. The number of rotatable bonds is 5. The van der Waals surface area contributed by atoms with Crippen LogP contribution >= 0.6 is 23.2 Å². The van der Waals surface area contributed by atoms with Crippen LogP contribution in [0.25, 0.3) is 11.1 Å². The molecule has 1 aliphatic carbocycles. The van der Waals surface area contributed by atoms with E-state index in [-0.39, 0.29) is 16.4 Å². The molecule has 9 heteroatoms. The highest BCUT2D eigenvalue weighted by Gasteiger charge is 2.43. The van der Waals surface area contributed by atoms with Crippen molar-refractivity contribution in [2.24, 2.45) is 0 Å². The van der Waals surface area contributed by atoms with Crippen LogP contribution in [0.4, 0.5) is 10.2 Å². The topological polar surface area (TPSA) is 75.2 Å². The lowest BCUT2D eigenvalue weighted by atomic mass is 9.74. The minimum Gasteiger partial charge on any atom is -0.482 e. The smallest absolute Gasteiger partial charge is 0.166 e. The lowest BCUT2D eigenvalue weighted by Crippen LogP contribution is -2.46. The molecule has 33 heavy (non-hydrogen) atoms. The van der Waals surface area contributed by atoms with Crippen LogP contribution in [0.15, 0.2) is 36.8 Å². The summed E-state index contributed by atoms with van der Waals surface area (Å²) in [5.41, 5.74) is 8.21. The predicted molar refractivity (Wildman–Crippen MR) is 126 cm³/mol. The van der Waals surface area contributed by atoms with Gasteiger partial charge in [-0.15, -0.1) is 0 Å². The summed E-state index contributed by atoms with van der Waals surface area (Å²) in [4.78, 5) is 4.29. The molecule has 2 unspecified atom stereocenters. The Morgan fingerprint density at radius 2 is 2.09 bits per heavy atom. The average molecular weight is 491 g/mol. The maximum absolute atomic E-state index is 14.0. The molecule has 6 nitrogen and oxygen atoms in total. The van der Waals surface area contributed by atoms with E-state index >= 15 is 0 Å². The Kier molecular flexibility index (Phi) is 5.97. The highest BCUT2D eigenvalue weighted by molar-refractivity contribution is 6.36. The molecule has 2 aromatic heterocycles. The van der Waals surface area contributed by atoms with Crippen molar-refractivity contribution < 1.29 is 13.9 Å². The zero-order valence-corrected chi connectivity index (χ0v) is 19.7. The lowest BCUT2D eigenvalue weighted by Gasteiger charge is -2.47. The van der Waals surface area contributed by atoms with Gasteiger partial charge in [0.15, 0.2) is 11.6 Å². The second-order valence-electron chi connectivity index (χ2n) is 8.86. The van der Waals surface area contributed by atoms with E-state index < -0.39 is 11.9 Å². The van der Waals surface area contributed by atoms with Gasteiger partial charge in [0.25, 0.3) is 0 Å². The first kappa shape index (κ1) is 22.4. The number of pyridine rings is 1. The third-order valence-corrected chi connectivity index (χ3v) is 7.43. The number of hydrogen-bond donors (Lipinski definition) is 1. The molecular weight excluding hydrogens is 466 g/mol. The predicted octanol–water partition coefficient (Wildman–Crippen LogP) is 6.39. The maximum Gasteiger partial charge on any atom is 0.166 e. The van der Waals surface area contributed by atoms with E-state index in [1.807, 2.05) is 17.1 Å². The number of nitrogens with zero attached hydrogens (tertiary/aromatic N) is 3. The van der Waals surface area contributed by atoms with Gasteiger partial charge in [-0.25, -0.2) is 9.37 Å². The fourth-order valence-electron chi connectivity index (χ4n) is 4.71. The number of hydrogen-bond acceptors (Lipinski definition) is 5. The molecule has 0 bridgehead atoms. The molecule has 2 N–H and O–H groups in total. The fourth-order valence-corrected chi connectivity index (χ4v) is 5.38. The van der Waals surface area contributed by atoms with Crippen LogP contribution in [0.1, 0.15) is 56.7 Å². The van der Waals surface area contributed by atoms with Gasteiger partial charge in [-0.2, -0.15) is 5.10 Å². The van der Waals surface area contributed by atoms with Gasteiger partial charge in [0.1, 0.15) is 11.9 Å². The molecule has 3 heterocycles. The SMILES string of the molecule is CC(Oc1cc(-c2cnn(C3CCOC4(CCC4)C3)c2)cnc1N)c1c(Cl)ccc(F)c1Cl. The summed E-state index contributed by atoms with van der Waals surface area (Å²) in [6, 6.07) is 4.80. The molecule has 3 aromatic rings. The van der Waals surface area contributed by atoms with E-state index in [0.717, 1.165) is 43.4 Å². The first-order valence-corrected chi connectivity index (χ1v) is 11.8. The van der Waals surface area contributed by atoms with E-state index in [0.29, 0.717) is 22.4 Å². The van der Waals surface area contributed by atoms with Crippen molar-refractivity contribution in [2.45, 2.75) is 56.8 Å². The van der Waals surface area contributed by atoms with Crippen LogP contribution in [-0.4, -0.2) is 27.0 Å². The molecule has 1 aromatic carbocycles. The van der Waals surface area contributed by atoms with Crippen molar-refractivity contribution in [2.75, 3.05) is 12.3 Å². The minimum atomic E-state index is -0.635. The van der Waals surface area contributed by atoms with Crippen molar-refractivity contribution in [3.05, 3.63) is 58.2 Å². The minimum absolute atomic E-state index is 0.0500. The molecule has 2 fully saturated rings. The maximum atomic E-state index is 14.0. The Labute approximate surface area is 201 Å². The number of aromatic nitrogens is 3. The Hall–Kier alpha value is -2.35. The fraction of sp³-hybridized carbons (Fsp3) is 0.417. The Morgan fingerprint density at radius 3 is 2.85 bits per heavy atom. The van der Waals surface area contributed by atoms with Gasteiger partial charge >= 0.3 is 0 Å². The number of nitrogen functional groups attached to an aromatic ring is 1. The highest BCUT2D eigenvalue weighted by atomic mass is 35.5. The van der Waals surface area contributed by atoms with Crippen LogP contribution in [0.2, 0.25) is 10.0 Å². The van der Waals surface area contributed by atoms with Crippen LogP contribution in [0, 0.1) is 5.82 Å². The number of benzene rings is 1. The molecule has 1 saturated heterocycles. The van der Waals surface area contributed by atoms with Crippen LogP contribution in [-0.2, 0) is 4.74 Å². The molecule has 1 saturated carbocycles. The summed E-state index contributed by atoms with van der Waals surface area (Å²) in [7, 11) is 0. The van der Waals surface area contributed by atoms with Gasteiger partial charge in [-0.05, 0) is 57.2 Å². The highest BCUT2D eigenvalue weighted by Crippen LogP contribution is 2.45. The Morgan fingerprint density at radius 1 is 1.27 bits per heavy atom. The molecule has 1 aliphatic heterocycles. The van der Waals surface area contributed by atoms with E-state index in [1.165, 1.54) is 18.6 Å². The van der Waals surface area contributed by atoms with Gasteiger partial charge in [0.05, 0.1) is 22.9 Å². The Bertz CT molecular complexity index is 1180. The van der Waals surface area contributed by atoms with E-state index in [2.05, 4.69) is 10.1 Å². The molecule has 174 valence electrons. The van der Waals surface area contributed by atoms with Gasteiger partial charge in [-0.3, -0.25) is 4.68 Å². The average Bonchev–Trinajstić information content (AvgIpc) is 3.27. The summed E-state index contributed by atoms with van der Waals surface area (Å²) < 4.78 is 28.0. The van der Waals surface area contributed by atoms with Crippen molar-refractivity contribution in [1.29, 1.82) is 0 Å². The summed E-state index contributed by atoms with van der Waals surface area (Å²) in [6.45, 7) is 2.50. The lowest BCUT2D eigenvalue weighted by molar-refractivity contribution is -0.141. The zero-order valence-electron chi connectivity index (χ0n) is 18.2. The van der Waals surface area contributed by atoms with Gasteiger partial charge in [-0.1, -0.05) is 23.2 Å². The molecule has 2 atom stereocenters. The van der Waals surface area contributed by atoms with Crippen LogP contribution < -0.4 is 10.5 Å². The summed E-state index contributed by atoms with van der Waals surface area (Å²) in [5, 5.41) is 4.87. The van der Waals surface area contributed by atoms with Crippen LogP contribution in [0.5, 0.6) is 5.75 Å². The summed E-state index contributed by atoms with van der Waals surface area (Å²) >= 11 is 12.4. The molecule has 5 rings (SSSR count). The van der Waals surface area contributed by atoms with E-state index in [9.17, 15) is 4.39 Å². The first-order valence-electron chi connectivity index (χ1n) is 11.1. The quantitative estimate of drug-likeness (QED) is 0.419. The number of nitrogens with two attached hydrogens (primary N) is 1. The third-order valence-electron chi connectivity index (χ3n) is 6.71. The normalized spacial score (nSPS) is 20.4. The first-order chi connectivity index (χ1) is 15.8. The standard InChI is InChI=1S/C24H25Cl2FN4O2/c1-14(21-18(25)3-4-19(27)22(21)26)33-20-9-15(11-29-23(20)28)16-12-30-31(13-16)17-5-8-32-24(10-17)6-2-7-24/h3-4,9,11-14,17H,2,5-8,10H2,1H3,(H2,28,29). The molecule has 0 radical (unpaired) electrons. The Balaban J connectivity index is 1.37. The molecule has 0 amide bonds. The van der Waals surface area contributed by atoms with E-state index in [1.54, 1.807) is 19.2 Å². The third kappa shape index (κ3) is 4.29. The summed E-state index contributed by atoms with van der Waals surface area (Å²) in [5.74, 6) is 0.0252. The van der Waals surface area contributed by atoms with Crippen molar-refractivity contribution in [3.8, 4) is 16.9 Å². The second-order valence-corrected chi connectivity index (χ2v) is 9.65. The van der Waals surface area contributed by atoms with Crippen molar-refractivity contribution in [3.63, 3.8) is 0 Å². The van der Waals surface area contributed by atoms with Gasteiger partial charge < -0.3 is 15.2 Å². The zero-order chi connectivity index (χ0) is 23.2. The summed E-state index contributed by atoms with van der Waals surface area (Å²) in [6.07, 6.45) is 10.4. The second kappa shape index (κ2) is 8.78. The number of anilines is 1. The van der Waals surface area contributed by atoms with Crippen molar-refractivity contribution >= 4 is 29.0 Å². The van der Waals surface area contributed by atoms with E-state index in [4.69, 9.17) is 38.4 Å². The number of halogens is 3. The molecular formula is C24H25Cl2FN4O2. The van der Waals surface area contributed by atoms with Gasteiger partial charge in [0.2, 0.25) is 0 Å². The van der Waals surface area contributed by atoms with Crippen molar-refractivity contribution in [1.82, 2.24) is 14.8 Å². The largest absolute Gasteiger partial charge is 0.482 e. The molecule has 2 aliphatic rings. The van der Waals surface area contributed by atoms with Gasteiger partial charge in [0, 0.05) is 40.7 Å². The molecule has 1 spiro atoms.